The number of hydrogen-bond acceptors (Lipinski definition) is 5. The summed E-state index contributed by atoms with van der Waals surface area (Å²) in [5.74, 6) is 0.310. The molecular formula is C19H17Cl2N3O3S. The van der Waals surface area contributed by atoms with Gasteiger partial charge in [-0.05, 0) is 31.2 Å². The number of aromatic nitrogens is 2. The summed E-state index contributed by atoms with van der Waals surface area (Å²) in [6.45, 7) is 2.17. The predicted molar refractivity (Wildman–Crippen MR) is 109 cm³/mol. The summed E-state index contributed by atoms with van der Waals surface area (Å²) >= 11 is 11.7. The number of halogens is 2. The standard InChI is InChI=1S/C19H17Cl2N3O3S/c1-13-2-4-14(5-3-13)18-8-9-19(24-23-18)27-11-10-22-28(25,26)15-6-7-16(20)17(21)12-15/h2-9,12,22H,10-11H2,1H3. The van der Waals surface area contributed by atoms with E-state index >= 15 is 0 Å². The van der Waals surface area contributed by atoms with E-state index in [1.807, 2.05) is 31.2 Å². The molecule has 0 unspecified atom stereocenters. The molecule has 0 saturated carbocycles. The molecule has 6 nitrogen and oxygen atoms in total. The molecule has 1 aromatic heterocycles. The van der Waals surface area contributed by atoms with Crippen LogP contribution in [-0.2, 0) is 10.0 Å². The van der Waals surface area contributed by atoms with Crippen LogP contribution in [0, 0.1) is 6.92 Å². The number of sulfonamides is 1. The van der Waals surface area contributed by atoms with E-state index in [1.54, 1.807) is 12.1 Å². The predicted octanol–water partition coefficient (Wildman–Crippen LogP) is 4.12. The van der Waals surface area contributed by atoms with Crippen LogP contribution in [0.4, 0.5) is 0 Å². The first-order valence-corrected chi connectivity index (χ1v) is 10.6. The van der Waals surface area contributed by atoms with E-state index < -0.39 is 10.0 Å². The van der Waals surface area contributed by atoms with Gasteiger partial charge in [0.15, 0.2) is 0 Å². The fraction of sp³-hybridized carbons (Fsp3) is 0.158. The molecule has 0 aliphatic heterocycles. The second kappa shape index (κ2) is 8.87. The van der Waals surface area contributed by atoms with Crippen LogP contribution in [0.3, 0.4) is 0 Å². The summed E-state index contributed by atoms with van der Waals surface area (Å²) in [5.41, 5.74) is 2.85. The average Bonchev–Trinajstić information content (AvgIpc) is 2.68. The number of hydrogen-bond donors (Lipinski definition) is 1. The lowest BCUT2D eigenvalue weighted by atomic mass is 10.1. The van der Waals surface area contributed by atoms with Gasteiger partial charge in [0.05, 0.1) is 20.6 Å². The minimum atomic E-state index is -3.71. The summed E-state index contributed by atoms with van der Waals surface area (Å²) < 4.78 is 32.3. The van der Waals surface area contributed by atoms with Gasteiger partial charge in [-0.2, -0.15) is 0 Å². The highest BCUT2D eigenvalue weighted by molar-refractivity contribution is 7.89. The summed E-state index contributed by atoms with van der Waals surface area (Å²) in [6, 6.07) is 15.5. The van der Waals surface area contributed by atoms with E-state index in [9.17, 15) is 8.42 Å². The molecule has 0 amide bonds. The fourth-order valence-electron chi connectivity index (χ4n) is 2.33. The van der Waals surface area contributed by atoms with Gasteiger partial charge in [0, 0.05) is 18.2 Å². The van der Waals surface area contributed by atoms with E-state index in [2.05, 4.69) is 14.9 Å². The highest BCUT2D eigenvalue weighted by Crippen LogP contribution is 2.24. The quantitative estimate of drug-likeness (QED) is 0.562. The first kappa shape index (κ1) is 20.5. The Labute approximate surface area is 173 Å². The van der Waals surface area contributed by atoms with Gasteiger partial charge in [0.1, 0.15) is 6.61 Å². The molecule has 3 aromatic rings. The molecule has 146 valence electrons. The molecule has 28 heavy (non-hydrogen) atoms. The number of rotatable bonds is 7. The molecule has 9 heteroatoms. The Morgan fingerprint density at radius 3 is 2.36 bits per heavy atom. The first-order chi connectivity index (χ1) is 13.3. The summed E-state index contributed by atoms with van der Waals surface area (Å²) in [7, 11) is -3.71. The first-order valence-electron chi connectivity index (χ1n) is 8.33. The van der Waals surface area contributed by atoms with Gasteiger partial charge in [-0.3, -0.25) is 0 Å². The van der Waals surface area contributed by atoms with Gasteiger partial charge in [-0.15, -0.1) is 10.2 Å². The van der Waals surface area contributed by atoms with E-state index in [0.717, 1.165) is 11.3 Å². The number of benzene rings is 2. The van der Waals surface area contributed by atoms with Crippen molar-refractivity contribution in [3.05, 3.63) is 70.2 Å². The van der Waals surface area contributed by atoms with Crippen molar-refractivity contribution in [1.29, 1.82) is 0 Å². The maximum Gasteiger partial charge on any atom is 0.240 e. The second-order valence-electron chi connectivity index (χ2n) is 5.94. The molecule has 0 radical (unpaired) electrons. The zero-order chi connectivity index (χ0) is 20.1. The molecule has 0 spiro atoms. The molecule has 3 rings (SSSR count). The lowest BCUT2D eigenvalue weighted by Gasteiger charge is -2.09. The minimum absolute atomic E-state index is 0.0316. The molecule has 1 N–H and O–H groups in total. The Kier molecular flexibility index (Phi) is 6.51. The Balaban J connectivity index is 1.53. The van der Waals surface area contributed by atoms with Gasteiger partial charge < -0.3 is 4.74 Å². The summed E-state index contributed by atoms with van der Waals surface area (Å²) in [4.78, 5) is 0.0316. The molecule has 0 saturated heterocycles. The minimum Gasteiger partial charge on any atom is -0.475 e. The zero-order valence-electron chi connectivity index (χ0n) is 14.9. The maximum absolute atomic E-state index is 12.2. The average molecular weight is 438 g/mol. The Morgan fingerprint density at radius 2 is 1.71 bits per heavy atom. The van der Waals surface area contributed by atoms with Gasteiger partial charge in [0.25, 0.3) is 0 Å². The van der Waals surface area contributed by atoms with Crippen LogP contribution in [0.1, 0.15) is 5.56 Å². The summed E-state index contributed by atoms with van der Waals surface area (Å²) in [5, 5.41) is 8.60. The Bertz CT molecular complexity index is 1060. The highest BCUT2D eigenvalue weighted by atomic mass is 35.5. The van der Waals surface area contributed by atoms with E-state index in [-0.39, 0.29) is 28.1 Å². The lowest BCUT2D eigenvalue weighted by molar-refractivity contribution is 0.307. The van der Waals surface area contributed by atoms with Crippen LogP contribution in [0.15, 0.2) is 59.5 Å². The largest absolute Gasteiger partial charge is 0.475 e. The van der Waals surface area contributed by atoms with Crippen LogP contribution in [0.5, 0.6) is 5.88 Å². The molecule has 0 aliphatic carbocycles. The smallest absolute Gasteiger partial charge is 0.240 e. The topological polar surface area (TPSA) is 81.2 Å². The molecule has 0 aliphatic rings. The van der Waals surface area contributed by atoms with Crippen molar-refractivity contribution >= 4 is 33.2 Å². The van der Waals surface area contributed by atoms with E-state index in [0.29, 0.717) is 5.88 Å². The molecule has 2 aromatic carbocycles. The second-order valence-corrected chi connectivity index (χ2v) is 8.53. The normalized spacial score (nSPS) is 11.4. The van der Waals surface area contributed by atoms with Crippen LogP contribution in [-0.4, -0.2) is 31.8 Å². The van der Waals surface area contributed by atoms with Gasteiger partial charge in [-0.1, -0.05) is 53.0 Å². The third-order valence-corrected chi connectivity index (χ3v) is 6.03. The van der Waals surface area contributed by atoms with Crippen molar-refractivity contribution < 1.29 is 13.2 Å². The molecule has 1 heterocycles. The number of nitrogens with one attached hydrogen (secondary N) is 1. The summed E-state index contributed by atoms with van der Waals surface area (Å²) in [6.07, 6.45) is 0. The van der Waals surface area contributed by atoms with Crippen molar-refractivity contribution in [3.63, 3.8) is 0 Å². The van der Waals surface area contributed by atoms with Crippen LogP contribution < -0.4 is 9.46 Å². The number of ether oxygens (including phenoxy) is 1. The van der Waals surface area contributed by atoms with Crippen molar-refractivity contribution in [3.8, 4) is 17.1 Å². The molecular weight excluding hydrogens is 421 g/mol. The van der Waals surface area contributed by atoms with Gasteiger partial charge in [0.2, 0.25) is 15.9 Å². The van der Waals surface area contributed by atoms with Gasteiger partial charge in [-0.25, -0.2) is 13.1 Å². The van der Waals surface area contributed by atoms with Crippen molar-refractivity contribution in [2.75, 3.05) is 13.2 Å². The van der Waals surface area contributed by atoms with Crippen LogP contribution in [0.25, 0.3) is 11.3 Å². The Hall–Kier alpha value is -2.19. The maximum atomic E-state index is 12.2. The third kappa shape index (κ3) is 5.20. The highest BCUT2D eigenvalue weighted by Gasteiger charge is 2.15. The fourth-order valence-corrected chi connectivity index (χ4v) is 3.74. The molecule has 0 bridgehead atoms. The number of aryl methyl sites for hydroxylation is 1. The number of nitrogens with zero attached hydrogens (tertiary/aromatic N) is 2. The SMILES string of the molecule is Cc1ccc(-c2ccc(OCCNS(=O)(=O)c3ccc(Cl)c(Cl)c3)nn2)cc1. The molecule has 0 atom stereocenters. The van der Waals surface area contributed by atoms with E-state index in [4.69, 9.17) is 27.9 Å². The van der Waals surface area contributed by atoms with Crippen LogP contribution in [0.2, 0.25) is 10.0 Å². The van der Waals surface area contributed by atoms with Crippen molar-refractivity contribution in [1.82, 2.24) is 14.9 Å². The third-order valence-electron chi connectivity index (χ3n) is 3.83. The van der Waals surface area contributed by atoms with Gasteiger partial charge >= 0.3 is 0 Å². The monoisotopic (exact) mass is 437 g/mol. The van der Waals surface area contributed by atoms with E-state index in [1.165, 1.54) is 23.8 Å². The van der Waals surface area contributed by atoms with Crippen LogP contribution >= 0.6 is 23.2 Å². The van der Waals surface area contributed by atoms with Crippen molar-refractivity contribution in [2.45, 2.75) is 11.8 Å². The molecule has 0 fully saturated rings. The lowest BCUT2D eigenvalue weighted by Crippen LogP contribution is -2.28. The Morgan fingerprint density at radius 1 is 0.964 bits per heavy atom. The van der Waals surface area contributed by atoms with Crippen molar-refractivity contribution in [2.24, 2.45) is 0 Å². The zero-order valence-corrected chi connectivity index (χ0v) is 17.2.